The Morgan fingerprint density at radius 3 is 2.69 bits per heavy atom. The van der Waals surface area contributed by atoms with Crippen LogP contribution in [0.25, 0.3) is 5.65 Å². The molecule has 1 unspecified atom stereocenters. The molecule has 2 saturated heterocycles. The Morgan fingerprint density at radius 1 is 1.12 bits per heavy atom. The molecule has 0 radical (unpaired) electrons. The third kappa shape index (κ3) is 3.91. The minimum Gasteiger partial charge on any atom is -0.339 e. The highest BCUT2D eigenvalue weighted by Gasteiger charge is 2.26. The van der Waals surface area contributed by atoms with Crippen molar-refractivity contribution in [2.75, 3.05) is 39.3 Å². The number of imidazole rings is 1. The first-order valence-electron chi connectivity index (χ1n) is 9.86. The smallest absolute Gasteiger partial charge is 0.236 e. The fourth-order valence-electron chi connectivity index (χ4n) is 4.15. The largest absolute Gasteiger partial charge is 0.339 e. The number of piperidine rings is 1. The number of carbonyl (C=O) groups is 1. The average molecular weight is 355 g/mol. The lowest BCUT2D eigenvalue weighted by atomic mass is 10.0. The number of likely N-dealkylation sites (tertiary alicyclic amines) is 1. The van der Waals surface area contributed by atoms with E-state index in [0.29, 0.717) is 18.5 Å². The second-order valence-electron chi connectivity index (χ2n) is 7.68. The van der Waals surface area contributed by atoms with Crippen LogP contribution in [0.1, 0.15) is 31.9 Å². The van der Waals surface area contributed by atoms with Crippen LogP contribution in [0.15, 0.2) is 30.6 Å². The van der Waals surface area contributed by atoms with Gasteiger partial charge in [0.25, 0.3) is 0 Å². The van der Waals surface area contributed by atoms with E-state index in [1.54, 1.807) is 0 Å². The summed E-state index contributed by atoms with van der Waals surface area (Å²) in [5, 5.41) is 0. The summed E-state index contributed by atoms with van der Waals surface area (Å²) in [5.74, 6) is 0.311. The van der Waals surface area contributed by atoms with Crippen molar-refractivity contribution in [1.82, 2.24) is 24.1 Å². The third-order valence-corrected chi connectivity index (χ3v) is 5.75. The number of pyridine rings is 1. The summed E-state index contributed by atoms with van der Waals surface area (Å²) in [6, 6.07) is 6.49. The molecule has 140 valence electrons. The monoisotopic (exact) mass is 355 g/mol. The number of amides is 1. The molecule has 2 aliphatic rings. The van der Waals surface area contributed by atoms with Gasteiger partial charge in [-0.3, -0.25) is 14.6 Å². The van der Waals surface area contributed by atoms with Crippen molar-refractivity contribution in [2.45, 2.75) is 38.8 Å². The molecular formula is C20H29N5O. The Labute approximate surface area is 155 Å². The zero-order chi connectivity index (χ0) is 17.9. The van der Waals surface area contributed by atoms with Gasteiger partial charge < -0.3 is 9.30 Å². The van der Waals surface area contributed by atoms with Crippen LogP contribution in [0.2, 0.25) is 0 Å². The van der Waals surface area contributed by atoms with Gasteiger partial charge in [-0.05, 0) is 38.3 Å². The summed E-state index contributed by atoms with van der Waals surface area (Å²) in [6.07, 6.45) is 7.72. The number of carbonyl (C=O) groups excluding carboxylic acids is 1. The van der Waals surface area contributed by atoms with Gasteiger partial charge in [0.2, 0.25) is 5.91 Å². The van der Waals surface area contributed by atoms with Crippen molar-refractivity contribution < 1.29 is 4.79 Å². The van der Waals surface area contributed by atoms with Crippen LogP contribution in [-0.4, -0.2) is 75.3 Å². The van der Waals surface area contributed by atoms with Crippen LogP contribution in [0.4, 0.5) is 0 Å². The molecule has 1 atom stereocenters. The SMILES string of the molecule is CC1CCCCN1C(=O)CN1CCN(Cc2cn3ccccc3n2)CC1. The molecule has 2 aromatic heterocycles. The Morgan fingerprint density at radius 2 is 1.92 bits per heavy atom. The number of piperazine rings is 1. The van der Waals surface area contributed by atoms with Crippen LogP contribution < -0.4 is 0 Å². The highest BCUT2D eigenvalue weighted by atomic mass is 16.2. The van der Waals surface area contributed by atoms with E-state index in [-0.39, 0.29) is 0 Å². The highest BCUT2D eigenvalue weighted by molar-refractivity contribution is 5.78. The van der Waals surface area contributed by atoms with Crippen LogP contribution in [0.3, 0.4) is 0 Å². The van der Waals surface area contributed by atoms with Gasteiger partial charge in [-0.25, -0.2) is 4.98 Å². The van der Waals surface area contributed by atoms with Crippen molar-refractivity contribution >= 4 is 11.6 Å². The first-order chi connectivity index (χ1) is 12.7. The maximum absolute atomic E-state index is 12.6. The summed E-state index contributed by atoms with van der Waals surface area (Å²) < 4.78 is 2.07. The van der Waals surface area contributed by atoms with Gasteiger partial charge >= 0.3 is 0 Å². The lowest BCUT2D eigenvalue weighted by Gasteiger charge is -2.37. The molecule has 1 amide bonds. The summed E-state index contributed by atoms with van der Waals surface area (Å²) >= 11 is 0. The molecule has 0 saturated carbocycles. The summed E-state index contributed by atoms with van der Waals surface area (Å²) in [4.78, 5) is 24.1. The molecule has 26 heavy (non-hydrogen) atoms. The molecule has 4 rings (SSSR count). The van der Waals surface area contributed by atoms with Gasteiger partial charge in [0.05, 0.1) is 12.2 Å². The van der Waals surface area contributed by atoms with E-state index in [0.717, 1.165) is 63.5 Å². The standard InChI is InChI=1S/C20H29N5O/c1-17-6-2-5-9-25(17)20(26)16-23-12-10-22(11-13-23)14-18-15-24-8-4-3-7-19(24)21-18/h3-4,7-8,15,17H,2,5-6,9-14,16H2,1H3. The molecular weight excluding hydrogens is 326 g/mol. The highest BCUT2D eigenvalue weighted by Crippen LogP contribution is 2.17. The van der Waals surface area contributed by atoms with E-state index in [1.807, 2.05) is 24.4 Å². The summed E-state index contributed by atoms with van der Waals surface area (Å²) in [7, 11) is 0. The van der Waals surface area contributed by atoms with Crippen LogP contribution in [0, 0.1) is 0 Å². The predicted octanol–water partition coefficient (Wildman–Crippen LogP) is 1.85. The lowest BCUT2D eigenvalue weighted by molar-refractivity contribution is -0.136. The molecule has 2 aliphatic heterocycles. The van der Waals surface area contributed by atoms with Gasteiger partial charge in [-0.15, -0.1) is 0 Å². The molecule has 6 nitrogen and oxygen atoms in total. The van der Waals surface area contributed by atoms with Crippen molar-refractivity contribution in [1.29, 1.82) is 0 Å². The van der Waals surface area contributed by atoms with Gasteiger partial charge in [0.15, 0.2) is 0 Å². The van der Waals surface area contributed by atoms with Crippen molar-refractivity contribution in [3.63, 3.8) is 0 Å². The normalized spacial score (nSPS) is 22.8. The van der Waals surface area contributed by atoms with Crippen LogP contribution in [0.5, 0.6) is 0 Å². The Hall–Kier alpha value is -1.92. The second kappa shape index (κ2) is 7.76. The maximum atomic E-state index is 12.6. The second-order valence-corrected chi connectivity index (χ2v) is 7.68. The number of rotatable bonds is 4. The van der Waals surface area contributed by atoms with E-state index >= 15 is 0 Å². The topological polar surface area (TPSA) is 44.1 Å². The van der Waals surface area contributed by atoms with E-state index in [4.69, 9.17) is 4.98 Å². The fraction of sp³-hybridized carbons (Fsp3) is 0.600. The molecule has 6 heteroatoms. The molecule has 0 N–H and O–H groups in total. The lowest BCUT2D eigenvalue weighted by Crippen LogP contribution is -2.51. The Bertz CT molecular complexity index is 716. The summed E-state index contributed by atoms with van der Waals surface area (Å²) in [5.41, 5.74) is 2.12. The molecule has 2 fully saturated rings. The van der Waals surface area contributed by atoms with E-state index < -0.39 is 0 Å². The number of hydrogen-bond acceptors (Lipinski definition) is 4. The molecule has 0 aliphatic carbocycles. The van der Waals surface area contributed by atoms with Gasteiger partial charge in [0.1, 0.15) is 5.65 Å². The fourth-order valence-corrected chi connectivity index (χ4v) is 4.15. The number of hydrogen-bond donors (Lipinski definition) is 0. The zero-order valence-corrected chi connectivity index (χ0v) is 15.7. The molecule has 0 spiro atoms. The first kappa shape index (κ1) is 17.5. The summed E-state index contributed by atoms with van der Waals surface area (Å²) in [6.45, 7) is 8.49. The number of nitrogens with zero attached hydrogens (tertiary/aromatic N) is 5. The van der Waals surface area contributed by atoms with Gasteiger partial charge in [0, 0.05) is 57.7 Å². The number of fused-ring (bicyclic) bond motifs is 1. The quantitative estimate of drug-likeness (QED) is 0.840. The van der Waals surface area contributed by atoms with E-state index in [9.17, 15) is 4.79 Å². The zero-order valence-electron chi connectivity index (χ0n) is 15.7. The molecule has 0 aromatic carbocycles. The minimum atomic E-state index is 0.311. The molecule has 0 bridgehead atoms. The average Bonchev–Trinajstić information content (AvgIpc) is 3.06. The van der Waals surface area contributed by atoms with E-state index in [1.165, 1.54) is 6.42 Å². The first-order valence-corrected chi connectivity index (χ1v) is 9.86. The minimum absolute atomic E-state index is 0.311. The van der Waals surface area contributed by atoms with Crippen LogP contribution >= 0.6 is 0 Å². The predicted molar refractivity (Wildman–Crippen MR) is 102 cm³/mol. The van der Waals surface area contributed by atoms with E-state index in [2.05, 4.69) is 32.2 Å². The maximum Gasteiger partial charge on any atom is 0.236 e. The molecule has 4 heterocycles. The van der Waals surface area contributed by atoms with Gasteiger partial charge in [-0.2, -0.15) is 0 Å². The van der Waals surface area contributed by atoms with Crippen LogP contribution in [-0.2, 0) is 11.3 Å². The van der Waals surface area contributed by atoms with Gasteiger partial charge in [-0.1, -0.05) is 6.07 Å². The third-order valence-electron chi connectivity index (χ3n) is 5.75. The Balaban J connectivity index is 1.26. The molecule has 2 aromatic rings. The van der Waals surface area contributed by atoms with Crippen molar-refractivity contribution in [3.8, 4) is 0 Å². The number of aromatic nitrogens is 2. The van der Waals surface area contributed by atoms with Crippen molar-refractivity contribution in [3.05, 3.63) is 36.3 Å². The Kier molecular flexibility index (Phi) is 5.22. The van der Waals surface area contributed by atoms with Crippen molar-refractivity contribution in [2.24, 2.45) is 0 Å².